The lowest BCUT2D eigenvalue weighted by molar-refractivity contribution is 0.102. The highest BCUT2D eigenvalue weighted by Gasteiger charge is 2.24. The molecule has 124 valence electrons. The van der Waals surface area contributed by atoms with Crippen LogP contribution in [0.1, 0.15) is 15.9 Å². The molecule has 0 atom stereocenters. The van der Waals surface area contributed by atoms with E-state index in [4.69, 9.17) is 11.6 Å². The van der Waals surface area contributed by atoms with Crippen LogP contribution < -0.4 is 5.32 Å². The number of halogens is 2. The number of nitriles is 1. The van der Waals surface area contributed by atoms with Crippen LogP contribution in [0.5, 0.6) is 5.75 Å². The van der Waals surface area contributed by atoms with Crippen molar-refractivity contribution in [3.8, 4) is 22.9 Å². The van der Waals surface area contributed by atoms with Crippen LogP contribution in [0.3, 0.4) is 0 Å². The van der Waals surface area contributed by atoms with Crippen molar-refractivity contribution in [2.24, 2.45) is 0 Å². The summed E-state index contributed by atoms with van der Waals surface area (Å²) in [6.07, 6.45) is 2.94. The van der Waals surface area contributed by atoms with Crippen molar-refractivity contribution >= 4 is 23.5 Å². The topological polar surface area (TPSA) is 102 Å². The van der Waals surface area contributed by atoms with Crippen molar-refractivity contribution in [2.45, 2.75) is 0 Å². The van der Waals surface area contributed by atoms with Crippen molar-refractivity contribution < 1.29 is 14.3 Å². The van der Waals surface area contributed by atoms with Crippen LogP contribution in [0.25, 0.3) is 11.1 Å². The maximum absolute atomic E-state index is 13.8. The second kappa shape index (κ2) is 6.63. The van der Waals surface area contributed by atoms with Gasteiger partial charge in [0.15, 0.2) is 0 Å². The molecule has 0 unspecified atom stereocenters. The van der Waals surface area contributed by atoms with Crippen LogP contribution in [0, 0.1) is 17.1 Å². The number of aromatic hydroxyl groups is 1. The van der Waals surface area contributed by atoms with Crippen LogP contribution in [-0.2, 0) is 0 Å². The number of carbonyl (C=O) groups excluding carboxylic acids is 1. The van der Waals surface area contributed by atoms with Gasteiger partial charge in [-0.15, -0.1) is 0 Å². The molecule has 25 heavy (non-hydrogen) atoms. The van der Waals surface area contributed by atoms with Crippen LogP contribution in [-0.4, -0.2) is 21.0 Å². The van der Waals surface area contributed by atoms with Crippen molar-refractivity contribution in [3.05, 3.63) is 64.7 Å². The number of H-pyrrole nitrogens is 1. The van der Waals surface area contributed by atoms with Gasteiger partial charge in [-0.2, -0.15) is 5.26 Å². The van der Waals surface area contributed by atoms with Gasteiger partial charge in [0.2, 0.25) is 5.95 Å². The maximum atomic E-state index is 13.8. The van der Waals surface area contributed by atoms with Crippen molar-refractivity contribution in [3.63, 3.8) is 0 Å². The van der Waals surface area contributed by atoms with Gasteiger partial charge in [0.25, 0.3) is 5.91 Å². The molecule has 3 rings (SSSR count). The summed E-state index contributed by atoms with van der Waals surface area (Å²) < 4.78 is 13.8. The lowest BCUT2D eigenvalue weighted by Crippen LogP contribution is -2.15. The average Bonchev–Trinajstić information content (AvgIpc) is 3.10. The standard InChI is InChI=1S/C17H10ClFN4O2/c18-15-10(2-1-3-11(15)19)13-9(8-20)4-5-12(24)14(13)16(25)23-17-21-6-7-22-17/h1-7,24H,(H2,21,22,23,25). The smallest absolute Gasteiger partial charge is 0.262 e. The minimum Gasteiger partial charge on any atom is -0.507 e. The monoisotopic (exact) mass is 356 g/mol. The first-order valence-corrected chi connectivity index (χ1v) is 7.42. The zero-order chi connectivity index (χ0) is 18.0. The molecule has 0 saturated carbocycles. The fraction of sp³-hybridized carbons (Fsp3) is 0. The fourth-order valence-electron chi connectivity index (χ4n) is 2.39. The number of phenols is 1. The van der Waals surface area contributed by atoms with Gasteiger partial charge in [-0.3, -0.25) is 10.1 Å². The van der Waals surface area contributed by atoms with Gasteiger partial charge in [-0.25, -0.2) is 9.37 Å². The number of nitrogens with one attached hydrogen (secondary N) is 2. The van der Waals surface area contributed by atoms with Gasteiger partial charge in [0.05, 0.1) is 22.2 Å². The maximum Gasteiger partial charge on any atom is 0.262 e. The molecule has 0 aliphatic heterocycles. The van der Waals surface area contributed by atoms with E-state index in [0.717, 1.165) is 6.07 Å². The van der Waals surface area contributed by atoms with E-state index >= 15 is 0 Å². The Morgan fingerprint density at radius 2 is 2.16 bits per heavy atom. The van der Waals surface area contributed by atoms with E-state index in [1.165, 1.54) is 36.7 Å². The Kier molecular flexibility index (Phi) is 4.37. The fourth-order valence-corrected chi connectivity index (χ4v) is 2.62. The minimum atomic E-state index is -0.722. The summed E-state index contributed by atoms with van der Waals surface area (Å²) in [6.45, 7) is 0. The number of phenolic OH excluding ortho intramolecular Hbond substituents is 1. The third kappa shape index (κ3) is 3.03. The molecule has 0 radical (unpaired) electrons. The molecule has 0 saturated heterocycles. The van der Waals surface area contributed by atoms with Crippen molar-refractivity contribution in [2.75, 3.05) is 5.32 Å². The zero-order valence-corrected chi connectivity index (χ0v) is 13.3. The van der Waals surface area contributed by atoms with Crippen LogP contribution in [0.2, 0.25) is 5.02 Å². The van der Waals surface area contributed by atoms with Crippen LogP contribution in [0.4, 0.5) is 10.3 Å². The first-order valence-electron chi connectivity index (χ1n) is 7.04. The second-order valence-electron chi connectivity index (χ2n) is 4.99. The van der Waals surface area contributed by atoms with E-state index in [9.17, 15) is 19.6 Å². The number of aromatic amines is 1. The average molecular weight is 357 g/mol. The highest BCUT2D eigenvalue weighted by Crippen LogP contribution is 2.38. The summed E-state index contributed by atoms with van der Waals surface area (Å²) in [4.78, 5) is 19.2. The largest absolute Gasteiger partial charge is 0.507 e. The Labute approximate surface area is 146 Å². The van der Waals surface area contributed by atoms with Gasteiger partial charge < -0.3 is 10.1 Å². The molecule has 1 amide bonds. The lowest BCUT2D eigenvalue weighted by atomic mass is 9.93. The van der Waals surface area contributed by atoms with Crippen molar-refractivity contribution in [1.82, 2.24) is 9.97 Å². The van der Waals surface area contributed by atoms with E-state index in [-0.39, 0.29) is 39.0 Å². The first kappa shape index (κ1) is 16.5. The summed E-state index contributed by atoms with van der Waals surface area (Å²) >= 11 is 6.01. The third-order valence-corrected chi connectivity index (χ3v) is 3.87. The van der Waals surface area contributed by atoms with E-state index in [1.807, 2.05) is 6.07 Å². The van der Waals surface area contributed by atoms with Crippen molar-refractivity contribution in [1.29, 1.82) is 5.26 Å². The number of nitrogens with zero attached hydrogens (tertiary/aromatic N) is 2. The molecular formula is C17H10ClFN4O2. The summed E-state index contributed by atoms with van der Waals surface area (Å²) in [5.41, 5.74) is 0.0209. The Balaban J connectivity index is 2.23. The predicted molar refractivity (Wildman–Crippen MR) is 89.8 cm³/mol. The highest BCUT2D eigenvalue weighted by atomic mass is 35.5. The van der Waals surface area contributed by atoms with Gasteiger partial charge in [-0.1, -0.05) is 23.7 Å². The summed E-state index contributed by atoms with van der Waals surface area (Å²) in [5.74, 6) is -1.65. The SMILES string of the molecule is N#Cc1ccc(O)c(C(=O)Nc2ncc[nH]2)c1-c1cccc(F)c1Cl. The second-order valence-corrected chi connectivity index (χ2v) is 5.37. The normalized spacial score (nSPS) is 10.3. The molecule has 0 spiro atoms. The number of amides is 1. The zero-order valence-electron chi connectivity index (χ0n) is 12.5. The number of hydrogen-bond acceptors (Lipinski definition) is 4. The highest BCUT2D eigenvalue weighted by molar-refractivity contribution is 6.34. The molecule has 0 aliphatic rings. The molecule has 6 nitrogen and oxygen atoms in total. The van der Waals surface area contributed by atoms with E-state index in [0.29, 0.717) is 0 Å². The van der Waals surface area contributed by atoms with E-state index < -0.39 is 11.7 Å². The molecule has 0 fully saturated rings. The van der Waals surface area contributed by atoms with Gasteiger partial charge in [-0.05, 0) is 18.2 Å². The molecule has 1 aromatic heterocycles. The number of anilines is 1. The molecule has 0 aliphatic carbocycles. The summed E-state index contributed by atoms with van der Waals surface area (Å²) in [5, 5.41) is 21.8. The molecule has 2 aromatic carbocycles. The Morgan fingerprint density at radius 3 is 2.84 bits per heavy atom. The molecule has 3 N–H and O–H groups in total. The Morgan fingerprint density at radius 1 is 1.36 bits per heavy atom. The number of aromatic nitrogens is 2. The van der Waals surface area contributed by atoms with Gasteiger partial charge >= 0.3 is 0 Å². The van der Waals surface area contributed by atoms with Gasteiger partial charge in [0, 0.05) is 23.5 Å². The number of carbonyl (C=O) groups is 1. The molecule has 3 aromatic rings. The predicted octanol–water partition coefficient (Wildman–Crippen LogP) is 3.70. The van der Waals surface area contributed by atoms with E-state index in [1.54, 1.807) is 0 Å². The number of rotatable bonds is 3. The van der Waals surface area contributed by atoms with Crippen LogP contribution in [0.15, 0.2) is 42.7 Å². The Hall–Kier alpha value is -3.37. The third-order valence-electron chi connectivity index (χ3n) is 3.48. The minimum absolute atomic E-state index is 0.0380. The molecule has 1 heterocycles. The lowest BCUT2D eigenvalue weighted by Gasteiger charge is -2.14. The summed E-state index contributed by atoms with van der Waals surface area (Å²) in [7, 11) is 0. The molecule has 0 bridgehead atoms. The quantitative estimate of drug-likeness (QED) is 0.665. The number of hydrogen-bond donors (Lipinski definition) is 3. The van der Waals surface area contributed by atoms with E-state index in [2.05, 4.69) is 15.3 Å². The summed E-state index contributed by atoms with van der Waals surface area (Å²) in [6, 6.07) is 8.49. The number of benzene rings is 2. The first-order chi connectivity index (χ1) is 12.0. The Bertz CT molecular complexity index is 997. The van der Waals surface area contributed by atoms with Crippen LogP contribution >= 0.6 is 11.6 Å². The molecular weight excluding hydrogens is 347 g/mol. The number of imidazole rings is 1. The van der Waals surface area contributed by atoms with Gasteiger partial charge in [0.1, 0.15) is 11.6 Å². The molecule has 8 heteroatoms.